The average molecular weight is 229 g/mol. The van der Waals surface area contributed by atoms with Crippen LogP contribution in [-0.4, -0.2) is 16.1 Å². The lowest BCUT2D eigenvalue weighted by atomic mass is 10.2. The van der Waals surface area contributed by atoms with Gasteiger partial charge in [-0.2, -0.15) is 0 Å². The summed E-state index contributed by atoms with van der Waals surface area (Å²) >= 11 is 0. The Hall–Kier alpha value is -2.56. The van der Waals surface area contributed by atoms with E-state index in [0.717, 1.165) is 11.4 Å². The first kappa shape index (κ1) is 10.9. The molecule has 1 aromatic carbocycles. The van der Waals surface area contributed by atoms with Gasteiger partial charge in [0.25, 0.3) is 0 Å². The number of nitrogens with one attached hydrogen (secondary N) is 1. The first-order valence-electron chi connectivity index (χ1n) is 4.97. The quantitative estimate of drug-likeness (QED) is 0.750. The van der Waals surface area contributed by atoms with Crippen LogP contribution < -0.4 is 11.1 Å². The highest BCUT2D eigenvalue weighted by Crippen LogP contribution is 2.17. The molecule has 0 radical (unpaired) electrons. The number of benzene rings is 1. The Morgan fingerprint density at radius 2 is 1.88 bits per heavy atom. The van der Waals surface area contributed by atoms with Crippen molar-refractivity contribution in [2.24, 2.45) is 0 Å². The molecular weight excluding hydrogens is 218 g/mol. The summed E-state index contributed by atoms with van der Waals surface area (Å²) in [6.07, 6.45) is 1.60. The van der Waals surface area contributed by atoms with Crippen LogP contribution in [0.15, 0.2) is 42.6 Å². The fourth-order valence-corrected chi connectivity index (χ4v) is 1.39. The number of carboxylic acid groups (broad SMARTS) is 1. The van der Waals surface area contributed by atoms with E-state index in [0.29, 0.717) is 5.82 Å². The number of anilines is 3. The molecule has 4 N–H and O–H groups in total. The van der Waals surface area contributed by atoms with Gasteiger partial charge in [0.2, 0.25) is 0 Å². The zero-order valence-electron chi connectivity index (χ0n) is 8.92. The van der Waals surface area contributed by atoms with Crippen LogP contribution >= 0.6 is 0 Å². The molecule has 1 aromatic heterocycles. The molecule has 0 saturated carbocycles. The predicted octanol–water partition coefficient (Wildman–Crippen LogP) is 2.11. The highest BCUT2D eigenvalue weighted by Gasteiger charge is 2.01. The van der Waals surface area contributed by atoms with Gasteiger partial charge >= 0.3 is 5.97 Å². The highest BCUT2D eigenvalue weighted by molar-refractivity contribution is 5.88. The summed E-state index contributed by atoms with van der Waals surface area (Å²) in [5.41, 5.74) is 7.40. The average Bonchev–Trinajstić information content (AvgIpc) is 2.29. The van der Waals surface area contributed by atoms with Crippen LogP contribution in [0.5, 0.6) is 0 Å². The summed E-state index contributed by atoms with van der Waals surface area (Å²) in [7, 11) is 0. The third-order valence-electron chi connectivity index (χ3n) is 2.20. The SMILES string of the molecule is Nc1cc(Nc2ccc(C(=O)O)cc2)ccn1. The molecule has 0 atom stereocenters. The number of nitrogen functional groups attached to an aromatic ring is 1. The maximum Gasteiger partial charge on any atom is 0.335 e. The van der Waals surface area contributed by atoms with Gasteiger partial charge in [-0.3, -0.25) is 0 Å². The van der Waals surface area contributed by atoms with Gasteiger partial charge in [0.1, 0.15) is 5.82 Å². The second-order valence-electron chi connectivity index (χ2n) is 3.48. The number of carbonyl (C=O) groups is 1. The van der Waals surface area contributed by atoms with Gasteiger partial charge in [-0.05, 0) is 30.3 Å². The molecule has 0 fully saturated rings. The van der Waals surface area contributed by atoms with Crippen molar-refractivity contribution in [1.82, 2.24) is 4.98 Å². The van der Waals surface area contributed by atoms with Gasteiger partial charge in [-0.25, -0.2) is 9.78 Å². The minimum atomic E-state index is -0.940. The van der Waals surface area contributed by atoms with E-state index in [9.17, 15) is 4.79 Å². The van der Waals surface area contributed by atoms with Gasteiger partial charge in [0.05, 0.1) is 5.56 Å². The Balaban J connectivity index is 2.16. The molecule has 5 heteroatoms. The molecule has 0 unspecified atom stereocenters. The molecule has 5 nitrogen and oxygen atoms in total. The minimum Gasteiger partial charge on any atom is -0.478 e. The number of nitrogens with two attached hydrogens (primary N) is 1. The van der Waals surface area contributed by atoms with Gasteiger partial charge in [0.15, 0.2) is 0 Å². The summed E-state index contributed by atoms with van der Waals surface area (Å²) in [5.74, 6) is -0.512. The van der Waals surface area contributed by atoms with E-state index in [4.69, 9.17) is 10.8 Å². The van der Waals surface area contributed by atoms with E-state index in [1.807, 2.05) is 0 Å². The molecule has 0 aliphatic heterocycles. The topological polar surface area (TPSA) is 88.2 Å². The van der Waals surface area contributed by atoms with E-state index in [1.165, 1.54) is 12.1 Å². The fraction of sp³-hybridized carbons (Fsp3) is 0. The van der Waals surface area contributed by atoms with Crippen molar-refractivity contribution >= 4 is 23.2 Å². The first-order chi connectivity index (χ1) is 8.15. The summed E-state index contributed by atoms with van der Waals surface area (Å²) in [4.78, 5) is 14.5. The Morgan fingerprint density at radius 3 is 2.47 bits per heavy atom. The van der Waals surface area contributed by atoms with Crippen molar-refractivity contribution in [2.75, 3.05) is 11.1 Å². The molecule has 0 aliphatic rings. The molecule has 0 amide bonds. The third-order valence-corrected chi connectivity index (χ3v) is 2.20. The van der Waals surface area contributed by atoms with Crippen molar-refractivity contribution in [3.05, 3.63) is 48.2 Å². The normalized spacial score (nSPS) is 9.88. The van der Waals surface area contributed by atoms with E-state index >= 15 is 0 Å². The van der Waals surface area contributed by atoms with E-state index in [1.54, 1.807) is 30.5 Å². The molecule has 0 saturated heterocycles. The number of hydrogen-bond donors (Lipinski definition) is 3. The molecule has 17 heavy (non-hydrogen) atoms. The zero-order chi connectivity index (χ0) is 12.3. The lowest BCUT2D eigenvalue weighted by Crippen LogP contribution is -1.97. The molecule has 1 heterocycles. The van der Waals surface area contributed by atoms with Crippen molar-refractivity contribution in [3.63, 3.8) is 0 Å². The number of aromatic nitrogens is 1. The van der Waals surface area contributed by atoms with E-state index in [2.05, 4.69) is 10.3 Å². The minimum absolute atomic E-state index is 0.254. The van der Waals surface area contributed by atoms with Crippen LogP contribution in [0, 0.1) is 0 Å². The van der Waals surface area contributed by atoms with E-state index in [-0.39, 0.29) is 5.56 Å². The van der Waals surface area contributed by atoms with Gasteiger partial charge in [0, 0.05) is 23.6 Å². The van der Waals surface area contributed by atoms with Crippen molar-refractivity contribution in [2.45, 2.75) is 0 Å². The molecule has 2 aromatic rings. The Bertz CT molecular complexity index is 538. The highest BCUT2D eigenvalue weighted by atomic mass is 16.4. The van der Waals surface area contributed by atoms with Gasteiger partial charge < -0.3 is 16.2 Å². The molecule has 2 rings (SSSR count). The monoisotopic (exact) mass is 229 g/mol. The summed E-state index contributed by atoms with van der Waals surface area (Å²) < 4.78 is 0. The number of pyridine rings is 1. The molecule has 0 bridgehead atoms. The number of hydrogen-bond acceptors (Lipinski definition) is 4. The Morgan fingerprint density at radius 1 is 1.18 bits per heavy atom. The van der Waals surface area contributed by atoms with E-state index < -0.39 is 5.97 Å². The Kier molecular flexibility index (Phi) is 2.91. The molecular formula is C12H11N3O2. The van der Waals surface area contributed by atoms with Crippen LogP contribution in [-0.2, 0) is 0 Å². The summed E-state index contributed by atoms with van der Waals surface area (Å²) in [6, 6.07) is 9.94. The lowest BCUT2D eigenvalue weighted by molar-refractivity contribution is 0.0697. The van der Waals surface area contributed by atoms with Crippen LogP contribution in [0.25, 0.3) is 0 Å². The molecule has 0 aliphatic carbocycles. The standard InChI is InChI=1S/C12H11N3O2/c13-11-7-10(5-6-14-11)15-9-3-1-8(2-4-9)12(16)17/h1-7H,(H,16,17)(H3,13,14,15). The third kappa shape index (κ3) is 2.72. The zero-order valence-corrected chi connectivity index (χ0v) is 8.92. The first-order valence-corrected chi connectivity index (χ1v) is 4.97. The van der Waals surface area contributed by atoms with Crippen LogP contribution in [0.4, 0.5) is 17.2 Å². The molecule has 0 spiro atoms. The Labute approximate surface area is 97.9 Å². The number of nitrogens with zero attached hydrogens (tertiary/aromatic N) is 1. The largest absolute Gasteiger partial charge is 0.478 e. The van der Waals surface area contributed by atoms with Crippen LogP contribution in [0.2, 0.25) is 0 Å². The summed E-state index contributed by atoms with van der Waals surface area (Å²) in [5, 5.41) is 11.9. The maximum absolute atomic E-state index is 10.7. The van der Waals surface area contributed by atoms with Gasteiger partial charge in [-0.15, -0.1) is 0 Å². The number of aromatic carboxylic acids is 1. The van der Waals surface area contributed by atoms with Crippen LogP contribution in [0.1, 0.15) is 10.4 Å². The van der Waals surface area contributed by atoms with Crippen molar-refractivity contribution in [1.29, 1.82) is 0 Å². The van der Waals surface area contributed by atoms with Crippen molar-refractivity contribution in [3.8, 4) is 0 Å². The molecule has 86 valence electrons. The smallest absolute Gasteiger partial charge is 0.335 e. The number of rotatable bonds is 3. The second-order valence-corrected chi connectivity index (χ2v) is 3.48. The number of carboxylic acids is 1. The maximum atomic E-state index is 10.7. The van der Waals surface area contributed by atoms with Crippen LogP contribution in [0.3, 0.4) is 0 Å². The summed E-state index contributed by atoms with van der Waals surface area (Å²) in [6.45, 7) is 0. The fourth-order valence-electron chi connectivity index (χ4n) is 1.39. The van der Waals surface area contributed by atoms with Gasteiger partial charge in [-0.1, -0.05) is 0 Å². The second kappa shape index (κ2) is 4.52. The lowest BCUT2D eigenvalue weighted by Gasteiger charge is -2.06. The predicted molar refractivity (Wildman–Crippen MR) is 65.3 cm³/mol. The van der Waals surface area contributed by atoms with Crippen molar-refractivity contribution < 1.29 is 9.90 Å².